The summed E-state index contributed by atoms with van der Waals surface area (Å²) in [7, 11) is 0. The van der Waals surface area contributed by atoms with E-state index in [4.69, 9.17) is 5.11 Å². The number of hydrogen-bond donors (Lipinski definition) is 2. The molecule has 0 aliphatic rings. The van der Waals surface area contributed by atoms with Gasteiger partial charge in [0.05, 0.1) is 0 Å². The smallest absolute Gasteiger partial charge is 0.362 e. The topological polar surface area (TPSA) is 64.9 Å². The molecule has 0 aromatic heterocycles. The van der Waals surface area contributed by atoms with Gasteiger partial charge in [-0.05, 0) is 6.42 Å². The highest BCUT2D eigenvalue weighted by Crippen LogP contribution is 2.00. The molecular weight excluding hydrogens is 130 g/mol. The third kappa shape index (κ3) is 4.32. The number of rotatable bonds is 5. The first-order valence-corrected chi connectivity index (χ1v) is 3.74. The summed E-state index contributed by atoms with van der Waals surface area (Å²) in [5, 5.41) is 8.42. The van der Waals surface area contributed by atoms with Crippen molar-refractivity contribution in [1.82, 2.24) is 0 Å². The molecule has 0 spiro atoms. The molecule has 0 heterocycles. The van der Waals surface area contributed by atoms with E-state index in [1.807, 2.05) is 0 Å². The predicted octanol–water partition coefficient (Wildman–Crippen LogP) is 0.262. The minimum absolute atomic E-state index is 0.411. The molecule has 0 bridgehead atoms. The van der Waals surface area contributed by atoms with Crippen LogP contribution in [0.5, 0.6) is 0 Å². The second-order valence-electron chi connectivity index (χ2n) is 2.53. The van der Waals surface area contributed by atoms with Crippen LogP contribution in [0.15, 0.2) is 0 Å². The molecule has 0 aliphatic carbocycles. The van der Waals surface area contributed by atoms with Crippen LogP contribution in [0.3, 0.4) is 0 Å². The number of carboxylic acid groups (broad SMARTS) is 1. The highest BCUT2D eigenvalue weighted by atomic mass is 16.4. The van der Waals surface area contributed by atoms with Crippen LogP contribution in [-0.2, 0) is 4.79 Å². The quantitative estimate of drug-likeness (QED) is 0.546. The van der Waals surface area contributed by atoms with Crippen molar-refractivity contribution in [2.24, 2.45) is 0 Å². The fourth-order valence-electron chi connectivity index (χ4n) is 0.764. The first-order valence-electron chi connectivity index (χ1n) is 3.74. The molecule has 0 radical (unpaired) electrons. The minimum Gasteiger partial charge on any atom is -0.477 e. The average molecular weight is 146 g/mol. The number of carbonyl (C=O) groups is 1. The van der Waals surface area contributed by atoms with Gasteiger partial charge in [0, 0.05) is 6.42 Å². The Morgan fingerprint density at radius 2 is 2.20 bits per heavy atom. The summed E-state index contributed by atoms with van der Waals surface area (Å²) in [5.41, 5.74) is 3.51. The van der Waals surface area contributed by atoms with E-state index in [1.54, 1.807) is 0 Å². The first kappa shape index (κ1) is 9.43. The lowest BCUT2D eigenvalue weighted by Gasteiger charge is -2.00. The Morgan fingerprint density at radius 1 is 1.60 bits per heavy atom. The van der Waals surface area contributed by atoms with E-state index in [1.165, 1.54) is 0 Å². The van der Waals surface area contributed by atoms with Gasteiger partial charge in [-0.15, -0.1) is 0 Å². The summed E-state index contributed by atoms with van der Waals surface area (Å²) in [6.07, 6.45) is 3.94. The van der Waals surface area contributed by atoms with Crippen LogP contribution >= 0.6 is 0 Å². The zero-order valence-corrected chi connectivity index (χ0v) is 6.47. The number of quaternary nitrogens is 1. The fraction of sp³-hybridized carbons (Fsp3) is 0.857. The molecule has 0 fully saturated rings. The number of hydrogen-bond acceptors (Lipinski definition) is 1. The van der Waals surface area contributed by atoms with Crippen molar-refractivity contribution in [1.29, 1.82) is 0 Å². The summed E-state index contributed by atoms with van der Waals surface area (Å²) >= 11 is 0. The zero-order valence-electron chi connectivity index (χ0n) is 6.47. The molecule has 3 nitrogen and oxygen atoms in total. The van der Waals surface area contributed by atoms with Crippen molar-refractivity contribution in [2.45, 2.75) is 38.6 Å². The molecule has 0 saturated heterocycles. The maximum absolute atomic E-state index is 10.2. The molecule has 1 atom stereocenters. The average Bonchev–Trinajstić information content (AvgIpc) is 1.88. The van der Waals surface area contributed by atoms with Crippen LogP contribution in [0.4, 0.5) is 0 Å². The maximum atomic E-state index is 10.2. The standard InChI is InChI=1S/C7H15NO2/c1-2-3-4-5-6(8)7(9)10/h6H,2-5,8H2,1H3,(H,9,10)/p+1. The van der Waals surface area contributed by atoms with Gasteiger partial charge in [0.15, 0.2) is 6.04 Å². The summed E-state index contributed by atoms with van der Waals surface area (Å²) in [4.78, 5) is 10.2. The van der Waals surface area contributed by atoms with E-state index in [-0.39, 0.29) is 0 Å². The molecule has 10 heavy (non-hydrogen) atoms. The maximum Gasteiger partial charge on any atom is 0.362 e. The van der Waals surface area contributed by atoms with Crippen molar-refractivity contribution in [3.05, 3.63) is 0 Å². The Labute approximate surface area is 61.2 Å². The van der Waals surface area contributed by atoms with Gasteiger partial charge < -0.3 is 10.8 Å². The van der Waals surface area contributed by atoms with E-state index in [0.717, 1.165) is 19.3 Å². The molecule has 60 valence electrons. The van der Waals surface area contributed by atoms with Crippen LogP contribution in [0.2, 0.25) is 0 Å². The molecule has 0 amide bonds. The van der Waals surface area contributed by atoms with Crippen molar-refractivity contribution in [3.8, 4) is 0 Å². The molecule has 0 aliphatic heterocycles. The van der Waals surface area contributed by atoms with Crippen LogP contribution in [0.1, 0.15) is 32.6 Å². The van der Waals surface area contributed by atoms with Gasteiger partial charge in [-0.3, -0.25) is 0 Å². The molecule has 0 saturated carbocycles. The lowest BCUT2D eigenvalue weighted by Crippen LogP contribution is -2.64. The van der Waals surface area contributed by atoms with Crippen LogP contribution in [0.25, 0.3) is 0 Å². The zero-order chi connectivity index (χ0) is 7.98. The summed E-state index contributed by atoms with van der Waals surface area (Å²) in [5.74, 6) is -0.781. The Hall–Kier alpha value is -0.570. The van der Waals surface area contributed by atoms with Crippen molar-refractivity contribution in [3.63, 3.8) is 0 Å². The van der Waals surface area contributed by atoms with Gasteiger partial charge in [0.2, 0.25) is 0 Å². The molecule has 4 N–H and O–H groups in total. The Balaban J connectivity index is 3.21. The summed E-state index contributed by atoms with van der Waals surface area (Å²) < 4.78 is 0. The van der Waals surface area contributed by atoms with E-state index in [2.05, 4.69) is 12.7 Å². The van der Waals surface area contributed by atoms with Crippen molar-refractivity contribution in [2.75, 3.05) is 0 Å². The number of carboxylic acids is 1. The predicted molar refractivity (Wildman–Crippen MR) is 38.5 cm³/mol. The number of unbranched alkanes of at least 4 members (excludes halogenated alkanes) is 2. The molecule has 0 aromatic rings. The van der Waals surface area contributed by atoms with Crippen LogP contribution < -0.4 is 5.73 Å². The van der Waals surface area contributed by atoms with E-state index >= 15 is 0 Å². The van der Waals surface area contributed by atoms with Crippen molar-refractivity contribution < 1.29 is 15.6 Å². The molecule has 3 heteroatoms. The monoisotopic (exact) mass is 146 g/mol. The highest BCUT2D eigenvalue weighted by molar-refractivity contribution is 5.71. The molecule has 0 rings (SSSR count). The molecule has 1 unspecified atom stereocenters. The molecule has 0 aromatic carbocycles. The lowest BCUT2D eigenvalue weighted by molar-refractivity contribution is -0.409. The van der Waals surface area contributed by atoms with E-state index in [0.29, 0.717) is 6.42 Å². The van der Waals surface area contributed by atoms with Crippen LogP contribution in [0, 0.1) is 0 Å². The third-order valence-electron chi connectivity index (χ3n) is 1.51. The number of aliphatic carboxylic acids is 1. The third-order valence-corrected chi connectivity index (χ3v) is 1.51. The second-order valence-corrected chi connectivity index (χ2v) is 2.53. The molecular formula is C7H16NO2+. The van der Waals surface area contributed by atoms with E-state index in [9.17, 15) is 4.79 Å². The van der Waals surface area contributed by atoms with Gasteiger partial charge in [-0.1, -0.05) is 19.8 Å². The Bertz CT molecular complexity index is 104. The van der Waals surface area contributed by atoms with Gasteiger partial charge in [-0.2, -0.15) is 0 Å². The SMILES string of the molecule is CCCCCC([NH3+])C(=O)O. The first-order chi connectivity index (χ1) is 4.68. The van der Waals surface area contributed by atoms with Gasteiger partial charge >= 0.3 is 5.97 Å². The highest BCUT2D eigenvalue weighted by Gasteiger charge is 2.13. The van der Waals surface area contributed by atoms with Gasteiger partial charge in [-0.25, -0.2) is 4.79 Å². The summed E-state index contributed by atoms with van der Waals surface area (Å²) in [6.45, 7) is 2.10. The van der Waals surface area contributed by atoms with Gasteiger partial charge in [0.1, 0.15) is 0 Å². The van der Waals surface area contributed by atoms with Crippen molar-refractivity contribution >= 4 is 5.97 Å². The Kier molecular flexibility index (Phi) is 4.94. The van der Waals surface area contributed by atoms with E-state index < -0.39 is 12.0 Å². The normalized spacial score (nSPS) is 13.0. The Morgan fingerprint density at radius 3 is 2.60 bits per heavy atom. The summed E-state index contributed by atoms with van der Waals surface area (Å²) in [6, 6.07) is -0.411. The largest absolute Gasteiger partial charge is 0.477 e. The lowest BCUT2D eigenvalue weighted by atomic mass is 10.1. The van der Waals surface area contributed by atoms with Crippen LogP contribution in [-0.4, -0.2) is 17.1 Å². The van der Waals surface area contributed by atoms with Gasteiger partial charge in [0.25, 0.3) is 0 Å². The second kappa shape index (κ2) is 5.23. The minimum atomic E-state index is -0.781. The fourth-order valence-corrected chi connectivity index (χ4v) is 0.764.